The van der Waals surface area contributed by atoms with Crippen LogP contribution in [0.5, 0.6) is 0 Å². The standard InChI is InChI=1S/C18H30N2O/c1-2-17-8-14-7-15(9-17)11-18(10-14,13-17)19-12-16(21)20-5-3-4-6-20/h14-15,19H,2-13H2,1H3. The predicted octanol–water partition coefficient (Wildman–Crippen LogP) is 2.95. The van der Waals surface area contributed by atoms with Gasteiger partial charge in [-0.25, -0.2) is 0 Å². The van der Waals surface area contributed by atoms with E-state index >= 15 is 0 Å². The minimum atomic E-state index is 0.301. The topological polar surface area (TPSA) is 32.3 Å². The summed E-state index contributed by atoms with van der Waals surface area (Å²) in [6.07, 6.45) is 12.1. The summed E-state index contributed by atoms with van der Waals surface area (Å²) in [7, 11) is 0. The molecule has 3 heteroatoms. The first kappa shape index (κ1) is 14.0. The second kappa shape index (κ2) is 4.97. The van der Waals surface area contributed by atoms with Gasteiger partial charge in [0.05, 0.1) is 6.54 Å². The number of carbonyl (C=O) groups is 1. The van der Waals surface area contributed by atoms with Gasteiger partial charge in [0, 0.05) is 18.6 Å². The van der Waals surface area contributed by atoms with E-state index in [4.69, 9.17) is 0 Å². The summed E-state index contributed by atoms with van der Waals surface area (Å²) in [5.74, 6) is 2.20. The highest BCUT2D eigenvalue weighted by Gasteiger charge is 2.56. The molecule has 0 aromatic heterocycles. The van der Waals surface area contributed by atoms with Gasteiger partial charge in [-0.2, -0.15) is 0 Å². The largest absolute Gasteiger partial charge is 0.342 e. The highest BCUT2D eigenvalue weighted by molar-refractivity contribution is 5.78. The number of rotatable bonds is 4. The molecule has 1 heterocycles. The SMILES string of the molecule is CCC12CC3CC(C1)CC(NCC(=O)N1CCCC1)(C3)C2. The minimum Gasteiger partial charge on any atom is -0.342 e. The van der Waals surface area contributed by atoms with Crippen LogP contribution in [-0.2, 0) is 4.79 Å². The molecule has 118 valence electrons. The lowest BCUT2D eigenvalue weighted by molar-refractivity contribution is -0.131. The van der Waals surface area contributed by atoms with Crippen molar-refractivity contribution in [1.82, 2.24) is 10.2 Å². The number of nitrogens with zero attached hydrogens (tertiary/aromatic N) is 1. The molecule has 5 aliphatic rings. The van der Waals surface area contributed by atoms with Crippen LogP contribution in [0.1, 0.15) is 64.7 Å². The fourth-order valence-electron chi connectivity index (χ4n) is 6.41. The van der Waals surface area contributed by atoms with E-state index in [0.717, 1.165) is 24.9 Å². The van der Waals surface area contributed by atoms with Crippen molar-refractivity contribution in [3.63, 3.8) is 0 Å². The quantitative estimate of drug-likeness (QED) is 0.863. The molecule has 1 amide bonds. The van der Waals surface area contributed by atoms with E-state index < -0.39 is 0 Å². The maximum absolute atomic E-state index is 12.4. The Balaban J connectivity index is 1.43. The molecular weight excluding hydrogens is 260 g/mol. The van der Waals surface area contributed by atoms with E-state index in [1.807, 2.05) is 0 Å². The lowest BCUT2D eigenvalue weighted by atomic mass is 9.46. The number of nitrogens with one attached hydrogen (secondary N) is 1. The van der Waals surface area contributed by atoms with Gasteiger partial charge < -0.3 is 10.2 Å². The third kappa shape index (κ3) is 2.42. The predicted molar refractivity (Wildman–Crippen MR) is 84.0 cm³/mol. The van der Waals surface area contributed by atoms with Crippen LogP contribution in [-0.4, -0.2) is 36.0 Å². The van der Waals surface area contributed by atoms with Gasteiger partial charge in [-0.3, -0.25) is 4.79 Å². The van der Waals surface area contributed by atoms with E-state index in [9.17, 15) is 4.79 Å². The first-order valence-electron chi connectivity index (χ1n) is 9.15. The van der Waals surface area contributed by atoms with Gasteiger partial charge in [0.25, 0.3) is 0 Å². The normalized spacial score (nSPS) is 44.5. The summed E-state index contributed by atoms with van der Waals surface area (Å²) in [6.45, 7) is 4.94. The summed E-state index contributed by atoms with van der Waals surface area (Å²) < 4.78 is 0. The Kier molecular flexibility index (Phi) is 3.33. The highest BCUT2D eigenvalue weighted by Crippen LogP contribution is 2.62. The average molecular weight is 290 g/mol. The van der Waals surface area contributed by atoms with Gasteiger partial charge in [-0.05, 0) is 68.6 Å². The van der Waals surface area contributed by atoms with Crippen LogP contribution >= 0.6 is 0 Å². The number of hydrogen-bond acceptors (Lipinski definition) is 2. The molecule has 4 bridgehead atoms. The fraction of sp³-hybridized carbons (Fsp3) is 0.944. The van der Waals surface area contributed by atoms with Crippen LogP contribution in [0.25, 0.3) is 0 Å². The lowest BCUT2D eigenvalue weighted by Gasteiger charge is -2.62. The molecule has 1 saturated heterocycles. The third-order valence-electron chi connectivity index (χ3n) is 7.01. The molecule has 21 heavy (non-hydrogen) atoms. The molecule has 5 fully saturated rings. The van der Waals surface area contributed by atoms with Crippen LogP contribution in [0.2, 0.25) is 0 Å². The number of likely N-dealkylation sites (tertiary alicyclic amines) is 1. The molecule has 0 radical (unpaired) electrons. The Morgan fingerprint density at radius 3 is 2.43 bits per heavy atom. The Morgan fingerprint density at radius 2 is 1.81 bits per heavy atom. The molecule has 4 aliphatic carbocycles. The van der Waals surface area contributed by atoms with Gasteiger partial charge in [-0.1, -0.05) is 13.3 Å². The Bertz CT molecular complexity index is 413. The van der Waals surface area contributed by atoms with Crippen LogP contribution in [0, 0.1) is 17.3 Å². The molecule has 5 rings (SSSR count). The monoisotopic (exact) mass is 290 g/mol. The fourth-order valence-corrected chi connectivity index (χ4v) is 6.41. The van der Waals surface area contributed by atoms with Gasteiger partial charge >= 0.3 is 0 Å². The number of amides is 1. The van der Waals surface area contributed by atoms with Gasteiger partial charge in [0.15, 0.2) is 0 Å². The molecule has 1 N–H and O–H groups in total. The zero-order valence-electron chi connectivity index (χ0n) is 13.5. The first-order valence-corrected chi connectivity index (χ1v) is 9.15. The Hall–Kier alpha value is -0.570. The smallest absolute Gasteiger partial charge is 0.236 e. The van der Waals surface area contributed by atoms with E-state index in [-0.39, 0.29) is 0 Å². The molecule has 0 aromatic rings. The van der Waals surface area contributed by atoms with Gasteiger partial charge in [0.2, 0.25) is 5.91 Å². The summed E-state index contributed by atoms with van der Waals surface area (Å²) in [6, 6.07) is 0. The van der Waals surface area contributed by atoms with Crippen molar-refractivity contribution < 1.29 is 4.79 Å². The first-order chi connectivity index (χ1) is 10.1. The van der Waals surface area contributed by atoms with Crippen molar-refractivity contribution in [2.75, 3.05) is 19.6 Å². The van der Waals surface area contributed by atoms with E-state index in [1.165, 1.54) is 57.8 Å². The zero-order valence-corrected chi connectivity index (χ0v) is 13.5. The molecule has 0 spiro atoms. The highest BCUT2D eigenvalue weighted by atomic mass is 16.2. The Morgan fingerprint density at radius 1 is 1.14 bits per heavy atom. The molecule has 2 atom stereocenters. The molecule has 2 unspecified atom stereocenters. The summed E-state index contributed by atoms with van der Waals surface area (Å²) in [5.41, 5.74) is 0.906. The average Bonchev–Trinajstić information content (AvgIpc) is 2.98. The summed E-state index contributed by atoms with van der Waals surface area (Å²) >= 11 is 0. The molecular formula is C18H30N2O. The van der Waals surface area contributed by atoms with Crippen molar-refractivity contribution >= 4 is 5.91 Å². The van der Waals surface area contributed by atoms with Crippen molar-refractivity contribution in [3.8, 4) is 0 Å². The summed E-state index contributed by atoms with van der Waals surface area (Å²) in [5, 5.41) is 3.77. The van der Waals surface area contributed by atoms with E-state index in [1.54, 1.807) is 0 Å². The second-order valence-electron chi connectivity index (χ2n) is 8.54. The Labute approximate surface area is 128 Å². The van der Waals surface area contributed by atoms with E-state index in [0.29, 0.717) is 23.4 Å². The van der Waals surface area contributed by atoms with Crippen LogP contribution < -0.4 is 5.32 Å². The maximum atomic E-state index is 12.4. The molecule has 3 nitrogen and oxygen atoms in total. The van der Waals surface area contributed by atoms with Crippen molar-refractivity contribution in [2.45, 2.75) is 70.3 Å². The van der Waals surface area contributed by atoms with Gasteiger partial charge in [-0.15, -0.1) is 0 Å². The third-order valence-corrected chi connectivity index (χ3v) is 7.01. The summed E-state index contributed by atoms with van der Waals surface area (Å²) in [4.78, 5) is 14.4. The zero-order chi connectivity index (χ0) is 14.5. The number of carbonyl (C=O) groups excluding carboxylic acids is 1. The maximum Gasteiger partial charge on any atom is 0.236 e. The van der Waals surface area contributed by atoms with Crippen molar-refractivity contribution in [1.29, 1.82) is 0 Å². The second-order valence-corrected chi connectivity index (χ2v) is 8.54. The van der Waals surface area contributed by atoms with Gasteiger partial charge in [0.1, 0.15) is 0 Å². The van der Waals surface area contributed by atoms with Crippen LogP contribution in [0.15, 0.2) is 0 Å². The molecule has 0 aromatic carbocycles. The molecule has 1 aliphatic heterocycles. The van der Waals surface area contributed by atoms with Crippen LogP contribution in [0.4, 0.5) is 0 Å². The minimum absolute atomic E-state index is 0.301. The van der Waals surface area contributed by atoms with Crippen molar-refractivity contribution in [3.05, 3.63) is 0 Å². The van der Waals surface area contributed by atoms with Crippen LogP contribution in [0.3, 0.4) is 0 Å². The number of hydrogen-bond donors (Lipinski definition) is 1. The lowest BCUT2D eigenvalue weighted by Crippen LogP contribution is -2.63. The van der Waals surface area contributed by atoms with E-state index in [2.05, 4.69) is 17.1 Å². The van der Waals surface area contributed by atoms with Crippen molar-refractivity contribution in [2.24, 2.45) is 17.3 Å². The molecule has 4 saturated carbocycles.